The largest absolute Gasteiger partial charge is 0.481 e. The number of carbonyl (C=O) groups is 1. The minimum Gasteiger partial charge on any atom is -0.481 e. The smallest absolute Gasteiger partial charge is 0.327 e. The van der Waals surface area contributed by atoms with Gasteiger partial charge in [-0.3, -0.25) is 13.9 Å². The van der Waals surface area contributed by atoms with Crippen LogP contribution in [0.4, 0.5) is 11.5 Å². The van der Waals surface area contributed by atoms with Gasteiger partial charge in [0.25, 0.3) is 20.2 Å². The highest BCUT2D eigenvalue weighted by Gasteiger charge is 2.43. The summed E-state index contributed by atoms with van der Waals surface area (Å²) in [7, 11) is -8.11. The van der Waals surface area contributed by atoms with Crippen molar-refractivity contribution in [2.24, 2.45) is 4.99 Å². The van der Waals surface area contributed by atoms with Crippen LogP contribution in [0.5, 0.6) is 0 Å². The van der Waals surface area contributed by atoms with Gasteiger partial charge in [0, 0.05) is 29.8 Å². The lowest BCUT2D eigenvalue weighted by atomic mass is 9.81. The van der Waals surface area contributed by atoms with E-state index in [4.69, 9.17) is 21.7 Å². The molecule has 1 aromatic heterocycles. The van der Waals surface area contributed by atoms with E-state index >= 15 is 0 Å². The van der Waals surface area contributed by atoms with Gasteiger partial charge in [-0.25, -0.2) is 4.57 Å². The summed E-state index contributed by atoms with van der Waals surface area (Å²) in [6, 6.07) is 18.4. The summed E-state index contributed by atoms with van der Waals surface area (Å²) >= 11 is 6.59. The van der Waals surface area contributed by atoms with Crippen LogP contribution in [0.25, 0.3) is 5.57 Å². The number of anilines is 1. The van der Waals surface area contributed by atoms with Gasteiger partial charge in [0.15, 0.2) is 5.71 Å². The molecule has 0 unspecified atom stereocenters. The van der Waals surface area contributed by atoms with E-state index in [2.05, 4.69) is 69.0 Å². The van der Waals surface area contributed by atoms with Crippen LogP contribution in [0.1, 0.15) is 94.9 Å². The molecule has 3 aromatic rings. The Morgan fingerprint density at radius 3 is 2.26 bits per heavy atom. The molecule has 0 saturated heterocycles. The van der Waals surface area contributed by atoms with Gasteiger partial charge in [-0.1, -0.05) is 80.1 Å². The van der Waals surface area contributed by atoms with Crippen molar-refractivity contribution in [2.45, 2.75) is 96.4 Å². The molecule has 3 N–H and O–H groups in total. The van der Waals surface area contributed by atoms with Gasteiger partial charge in [-0.05, 0) is 110 Å². The Morgan fingerprint density at radius 1 is 0.860 bits per heavy atom. The summed E-state index contributed by atoms with van der Waals surface area (Å²) in [6.07, 6.45) is 13.9. The van der Waals surface area contributed by atoms with Crippen LogP contribution in [-0.2, 0) is 48.8 Å². The zero-order valence-corrected chi connectivity index (χ0v) is 35.4. The summed E-state index contributed by atoms with van der Waals surface area (Å²) in [5, 5.41) is 9.66. The molecule has 0 aliphatic carbocycles. The molecule has 0 fully saturated rings. The number of nitrogens with zero attached hydrogens (tertiary/aromatic N) is 3. The number of para-hydroxylation sites is 1. The molecule has 2 aliphatic rings. The van der Waals surface area contributed by atoms with E-state index in [1.54, 1.807) is 6.20 Å². The number of fused-ring (bicyclic) bond motifs is 2. The molecule has 5 rings (SSSR count). The number of hydrogen-bond donors (Lipinski definition) is 3. The molecule has 57 heavy (non-hydrogen) atoms. The topological polar surface area (TPSA) is 166 Å². The first-order valence-corrected chi connectivity index (χ1v) is 22.9. The predicted molar refractivity (Wildman–Crippen MR) is 227 cm³/mol. The molecule has 2 aromatic carbocycles. The monoisotopic (exact) mass is 838 g/mol. The fourth-order valence-corrected chi connectivity index (χ4v) is 8.96. The Kier molecular flexibility index (Phi) is 14.0. The minimum atomic E-state index is -4.06. The number of benzene rings is 2. The van der Waals surface area contributed by atoms with Crippen molar-refractivity contribution in [1.82, 2.24) is 0 Å². The third-order valence-corrected chi connectivity index (χ3v) is 12.5. The number of unbranched alkanes of at least 4 members (excludes halogenated alkanes) is 3. The quantitative estimate of drug-likeness (QED) is 0.0465. The van der Waals surface area contributed by atoms with E-state index < -0.39 is 31.6 Å². The number of aliphatic carboxylic acids is 1. The molecular formula is C43H53ClN3O8S2+. The first kappa shape index (κ1) is 44.0. The number of halogens is 1. The molecule has 14 heteroatoms. The normalized spacial score (nSPS) is 17.0. The van der Waals surface area contributed by atoms with E-state index in [0.29, 0.717) is 50.2 Å². The average Bonchev–Trinajstić information content (AvgIpc) is 3.50. The van der Waals surface area contributed by atoms with Crippen LogP contribution in [0.15, 0.2) is 95.8 Å². The number of carboxylic acid groups (broad SMARTS) is 1. The highest BCUT2D eigenvalue weighted by molar-refractivity contribution is 7.86. The molecular weight excluding hydrogens is 786 g/mol. The molecule has 0 radical (unpaired) electrons. The van der Waals surface area contributed by atoms with E-state index in [9.17, 15) is 30.7 Å². The first-order chi connectivity index (χ1) is 26.8. The van der Waals surface area contributed by atoms with Crippen molar-refractivity contribution in [3.05, 3.63) is 118 Å². The SMILES string of the molecule is CC1(C)C(=CC=C(C=CC2=Nc3c(cc(Cl)c[n+]3CCCCS(=O)(=O)O)C2(C)C)c2cccc(CCCCC(=O)O)c2)N(CCCCS(=O)(=O)O)c2ccccc21. The second-order valence-corrected chi connectivity index (χ2v) is 19.4. The lowest BCUT2D eigenvalue weighted by molar-refractivity contribution is -0.684. The Labute approximate surface area is 342 Å². The van der Waals surface area contributed by atoms with Gasteiger partial charge in [0.05, 0.1) is 34.1 Å². The summed E-state index contributed by atoms with van der Waals surface area (Å²) in [6.45, 7) is 9.55. The van der Waals surface area contributed by atoms with Gasteiger partial charge in [0.2, 0.25) is 0 Å². The molecule has 306 valence electrons. The maximum Gasteiger partial charge on any atom is 0.327 e. The van der Waals surface area contributed by atoms with Crippen molar-refractivity contribution in [3.63, 3.8) is 0 Å². The Hall–Kier alpha value is -4.14. The fraction of sp³-hybridized carbons (Fsp3) is 0.419. The summed E-state index contributed by atoms with van der Waals surface area (Å²) in [4.78, 5) is 18.4. The van der Waals surface area contributed by atoms with E-state index in [1.165, 1.54) is 0 Å². The lowest BCUT2D eigenvalue weighted by Crippen LogP contribution is -2.35. The number of hydrogen-bond acceptors (Lipinski definition) is 7. The van der Waals surface area contributed by atoms with Crippen LogP contribution in [-0.4, -0.2) is 60.8 Å². The van der Waals surface area contributed by atoms with Crippen LogP contribution in [0, 0.1) is 0 Å². The number of allylic oxidation sites excluding steroid dienone is 6. The summed E-state index contributed by atoms with van der Waals surface area (Å²) in [5.74, 6) is -0.678. The number of carboxylic acids is 1. The lowest BCUT2D eigenvalue weighted by Gasteiger charge is -2.27. The third-order valence-electron chi connectivity index (χ3n) is 10.7. The van der Waals surface area contributed by atoms with Gasteiger partial charge >= 0.3 is 11.8 Å². The van der Waals surface area contributed by atoms with Crippen LogP contribution < -0.4 is 9.47 Å². The molecule has 0 atom stereocenters. The van der Waals surface area contributed by atoms with Gasteiger partial charge in [-0.2, -0.15) is 16.8 Å². The Morgan fingerprint density at radius 2 is 1.56 bits per heavy atom. The average molecular weight is 839 g/mol. The van der Waals surface area contributed by atoms with Crippen molar-refractivity contribution in [2.75, 3.05) is 23.0 Å². The minimum absolute atomic E-state index is 0.127. The first-order valence-electron chi connectivity index (χ1n) is 19.3. The fourth-order valence-electron chi connectivity index (χ4n) is 7.60. The standard InChI is InChI=1S/C43H52ClN3O8S2/c1-42(2)36-29-34(44)30-46(24-9-11-26-56(50,51)52)41(36)45-38(42)22-20-32(33-16-13-15-31(28-33)14-5-8-19-40(48)49)21-23-39-43(3,4)35-17-6-7-18-37(35)47(39)25-10-12-27-57(53,54)55/h6-7,13,15-18,20-23,28-30H,5,8-12,14,19,24-27H2,1-4H3,(H2-,48,49,50,51,52,53,54,55)/p+1. The molecule has 2 aliphatic heterocycles. The highest BCUT2D eigenvalue weighted by Crippen LogP contribution is 2.48. The van der Waals surface area contributed by atoms with Crippen LogP contribution in [0.2, 0.25) is 5.02 Å². The number of rotatable bonds is 19. The van der Waals surface area contributed by atoms with Gasteiger partial charge < -0.3 is 10.0 Å². The van der Waals surface area contributed by atoms with Gasteiger partial charge in [0.1, 0.15) is 6.20 Å². The van der Waals surface area contributed by atoms with Crippen molar-refractivity contribution >= 4 is 60.6 Å². The van der Waals surface area contributed by atoms with E-state index in [0.717, 1.165) is 63.6 Å². The van der Waals surface area contributed by atoms with Crippen LogP contribution >= 0.6 is 11.6 Å². The molecule has 0 spiro atoms. The second-order valence-electron chi connectivity index (χ2n) is 15.8. The Balaban J connectivity index is 1.53. The molecule has 0 amide bonds. The molecule has 11 nitrogen and oxygen atoms in total. The predicted octanol–water partition coefficient (Wildman–Crippen LogP) is 8.45. The molecule has 3 heterocycles. The zero-order valence-electron chi connectivity index (χ0n) is 33.0. The highest BCUT2D eigenvalue weighted by atomic mass is 35.5. The maximum absolute atomic E-state index is 11.5. The number of pyridine rings is 1. The van der Waals surface area contributed by atoms with Crippen molar-refractivity contribution in [1.29, 1.82) is 0 Å². The molecule has 0 bridgehead atoms. The summed E-state index contributed by atoms with van der Waals surface area (Å²) in [5.41, 5.74) is 7.09. The number of aromatic nitrogens is 1. The van der Waals surface area contributed by atoms with E-state index in [-0.39, 0.29) is 23.3 Å². The van der Waals surface area contributed by atoms with E-state index in [1.807, 2.05) is 47.0 Å². The number of aryl methyl sites for hydroxylation is 2. The molecule has 0 saturated carbocycles. The summed E-state index contributed by atoms with van der Waals surface area (Å²) < 4.78 is 65.9. The zero-order chi connectivity index (χ0) is 41.6. The number of aliphatic imine (C=N–C) groups is 1. The van der Waals surface area contributed by atoms with Crippen molar-refractivity contribution in [3.8, 4) is 0 Å². The Bertz CT molecular complexity index is 2330. The van der Waals surface area contributed by atoms with Crippen molar-refractivity contribution < 1.29 is 40.4 Å². The second kappa shape index (κ2) is 18.2. The maximum atomic E-state index is 11.5. The van der Waals surface area contributed by atoms with Gasteiger partial charge in [-0.15, -0.1) is 0 Å². The third kappa shape index (κ3) is 11.5. The van der Waals surface area contributed by atoms with Crippen LogP contribution in [0.3, 0.4) is 0 Å².